The highest BCUT2D eigenvalue weighted by Gasteiger charge is 2.13. The van der Waals surface area contributed by atoms with E-state index in [1.165, 1.54) is 0 Å². The third kappa shape index (κ3) is 3.16. The molecule has 0 saturated carbocycles. The minimum absolute atomic E-state index is 0.359. The summed E-state index contributed by atoms with van der Waals surface area (Å²) in [5.41, 5.74) is 0.871. The third-order valence-electron chi connectivity index (χ3n) is 2.31. The second kappa shape index (κ2) is 5.95. The monoisotopic (exact) mass is 244 g/mol. The topological polar surface area (TPSA) is 55.8 Å². The number of aliphatic hydroxyl groups excluding tert-OH is 1. The summed E-state index contributed by atoms with van der Waals surface area (Å²) in [5, 5.41) is 9.62. The molecule has 4 heteroatoms. The molecule has 1 unspecified atom stereocenters. The summed E-state index contributed by atoms with van der Waals surface area (Å²) >= 11 is 0. The van der Waals surface area contributed by atoms with E-state index < -0.39 is 12.3 Å². The predicted molar refractivity (Wildman–Crippen MR) is 64.3 cm³/mol. The van der Waals surface area contributed by atoms with Crippen LogP contribution in [0.2, 0.25) is 0 Å². The summed E-state index contributed by atoms with van der Waals surface area (Å²) in [5.74, 6) is -0.648. The van der Waals surface area contributed by atoms with Crippen LogP contribution in [0.1, 0.15) is 22.2 Å². The van der Waals surface area contributed by atoms with Crippen molar-refractivity contribution < 1.29 is 19.7 Å². The van der Waals surface area contributed by atoms with E-state index in [0.29, 0.717) is 11.1 Å². The molecule has 0 aromatic heterocycles. The maximum absolute atomic E-state index is 11.5. The number of aliphatic hydroxyl groups is 1. The van der Waals surface area contributed by atoms with E-state index in [2.05, 4.69) is 9.78 Å². The smallest absolute Gasteiger partial charge is 0.361 e. The van der Waals surface area contributed by atoms with Gasteiger partial charge in [0.25, 0.3) is 0 Å². The van der Waals surface area contributed by atoms with Gasteiger partial charge in [0.15, 0.2) is 0 Å². The molecule has 2 aromatic carbocycles. The van der Waals surface area contributed by atoms with E-state index in [9.17, 15) is 9.90 Å². The van der Waals surface area contributed by atoms with Gasteiger partial charge in [0.1, 0.15) is 0 Å². The summed E-state index contributed by atoms with van der Waals surface area (Å²) in [7, 11) is 0. The van der Waals surface area contributed by atoms with E-state index in [1.807, 2.05) is 6.07 Å². The molecule has 92 valence electrons. The first-order chi connectivity index (χ1) is 8.77. The Balaban J connectivity index is 1.91. The lowest BCUT2D eigenvalue weighted by atomic mass is 10.2. The fraction of sp³-hybridized carbons (Fsp3) is 0.0714. The molecule has 18 heavy (non-hydrogen) atoms. The van der Waals surface area contributed by atoms with Gasteiger partial charge in [0.2, 0.25) is 6.29 Å². The second-order valence-corrected chi connectivity index (χ2v) is 3.60. The molecule has 0 aliphatic rings. The van der Waals surface area contributed by atoms with Crippen molar-refractivity contribution in [3.05, 3.63) is 71.8 Å². The highest BCUT2D eigenvalue weighted by molar-refractivity contribution is 5.88. The van der Waals surface area contributed by atoms with Crippen molar-refractivity contribution in [3.8, 4) is 0 Å². The Hall–Kier alpha value is -2.17. The quantitative estimate of drug-likeness (QED) is 0.510. The molecule has 0 aliphatic carbocycles. The average molecular weight is 244 g/mol. The van der Waals surface area contributed by atoms with Crippen LogP contribution in [0.4, 0.5) is 0 Å². The summed E-state index contributed by atoms with van der Waals surface area (Å²) in [6, 6.07) is 17.1. The van der Waals surface area contributed by atoms with E-state index in [1.54, 1.807) is 54.6 Å². The van der Waals surface area contributed by atoms with Crippen LogP contribution in [0.25, 0.3) is 0 Å². The zero-order valence-electron chi connectivity index (χ0n) is 9.52. The molecule has 0 fully saturated rings. The number of benzene rings is 2. The zero-order valence-corrected chi connectivity index (χ0v) is 9.52. The summed E-state index contributed by atoms with van der Waals surface area (Å²) in [4.78, 5) is 20.7. The van der Waals surface area contributed by atoms with Crippen LogP contribution < -0.4 is 0 Å². The standard InChI is InChI=1S/C14H12O4/c15-13(11-7-3-1-4-8-11)17-18-14(16)12-9-5-2-6-10-12/h1-10,13,15H. The Labute approximate surface area is 104 Å². The van der Waals surface area contributed by atoms with Gasteiger partial charge in [-0.25, -0.2) is 4.79 Å². The predicted octanol–water partition coefficient (Wildman–Crippen LogP) is 2.47. The molecule has 4 nitrogen and oxygen atoms in total. The van der Waals surface area contributed by atoms with Gasteiger partial charge in [0.05, 0.1) is 5.56 Å². The van der Waals surface area contributed by atoms with E-state index in [-0.39, 0.29) is 0 Å². The van der Waals surface area contributed by atoms with Gasteiger partial charge in [-0.15, -0.1) is 4.89 Å². The maximum atomic E-state index is 11.5. The minimum Gasteiger partial charge on any atom is -0.361 e. The van der Waals surface area contributed by atoms with Crippen molar-refractivity contribution in [2.75, 3.05) is 0 Å². The van der Waals surface area contributed by atoms with Crippen molar-refractivity contribution in [2.24, 2.45) is 0 Å². The number of rotatable bonds is 4. The molecular weight excluding hydrogens is 232 g/mol. The highest BCUT2D eigenvalue weighted by Crippen LogP contribution is 2.14. The van der Waals surface area contributed by atoms with Crippen LogP contribution in [0.5, 0.6) is 0 Å². The molecule has 0 amide bonds. The SMILES string of the molecule is O=C(OOC(O)c1ccccc1)c1ccccc1. The van der Waals surface area contributed by atoms with Gasteiger partial charge in [-0.2, -0.15) is 0 Å². The van der Waals surface area contributed by atoms with E-state index in [4.69, 9.17) is 0 Å². The number of carbonyl (C=O) groups excluding carboxylic acids is 1. The van der Waals surface area contributed by atoms with Crippen LogP contribution >= 0.6 is 0 Å². The van der Waals surface area contributed by atoms with Crippen molar-refractivity contribution in [3.63, 3.8) is 0 Å². The lowest BCUT2D eigenvalue weighted by Crippen LogP contribution is -2.10. The van der Waals surface area contributed by atoms with E-state index in [0.717, 1.165) is 0 Å². The fourth-order valence-corrected chi connectivity index (χ4v) is 1.38. The third-order valence-corrected chi connectivity index (χ3v) is 2.31. The van der Waals surface area contributed by atoms with Crippen LogP contribution in [0, 0.1) is 0 Å². The molecule has 0 spiro atoms. The normalized spacial score (nSPS) is 11.8. The van der Waals surface area contributed by atoms with Gasteiger partial charge >= 0.3 is 5.97 Å². The molecule has 1 atom stereocenters. The van der Waals surface area contributed by atoms with Crippen molar-refractivity contribution >= 4 is 5.97 Å². The molecule has 0 radical (unpaired) electrons. The van der Waals surface area contributed by atoms with Gasteiger partial charge in [0, 0.05) is 5.56 Å². The summed E-state index contributed by atoms with van der Waals surface area (Å²) < 4.78 is 0. The molecular formula is C14H12O4. The number of carbonyl (C=O) groups is 1. The second-order valence-electron chi connectivity index (χ2n) is 3.60. The molecule has 1 N–H and O–H groups in total. The molecule has 0 aliphatic heterocycles. The summed E-state index contributed by atoms with van der Waals surface area (Å²) in [6.07, 6.45) is -1.29. The largest absolute Gasteiger partial charge is 0.373 e. The first-order valence-corrected chi connectivity index (χ1v) is 5.43. The van der Waals surface area contributed by atoms with Gasteiger partial charge < -0.3 is 5.11 Å². The first kappa shape index (κ1) is 12.3. The minimum atomic E-state index is -1.29. The first-order valence-electron chi connectivity index (χ1n) is 5.43. The van der Waals surface area contributed by atoms with Gasteiger partial charge in [-0.3, -0.25) is 4.89 Å². The van der Waals surface area contributed by atoms with Gasteiger partial charge in [-0.05, 0) is 12.1 Å². The molecule has 0 saturated heterocycles. The molecule has 0 bridgehead atoms. The van der Waals surface area contributed by atoms with Crippen molar-refractivity contribution in [2.45, 2.75) is 6.29 Å². The lowest BCUT2D eigenvalue weighted by molar-refractivity contribution is -0.332. The van der Waals surface area contributed by atoms with Crippen LogP contribution in [0.3, 0.4) is 0 Å². The zero-order chi connectivity index (χ0) is 12.8. The molecule has 2 rings (SSSR count). The Bertz CT molecular complexity index is 496. The Morgan fingerprint density at radius 2 is 1.50 bits per heavy atom. The molecule has 0 heterocycles. The number of hydrogen-bond acceptors (Lipinski definition) is 4. The van der Waals surface area contributed by atoms with Crippen LogP contribution in [-0.2, 0) is 9.78 Å². The van der Waals surface area contributed by atoms with Crippen molar-refractivity contribution in [1.82, 2.24) is 0 Å². The Morgan fingerprint density at radius 3 is 2.11 bits per heavy atom. The lowest BCUT2D eigenvalue weighted by Gasteiger charge is -2.10. The summed E-state index contributed by atoms with van der Waals surface area (Å²) in [6.45, 7) is 0. The highest BCUT2D eigenvalue weighted by atomic mass is 17.2. The Kier molecular flexibility index (Phi) is 4.06. The Morgan fingerprint density at radius 1 is 0.944 bits per heavy atom. The fourth-order valence-electron chi connectivity index (χ4n) is 1.38. The maximum Gasteiger partial charge on any atom is 0.373 e. The average Bonchev–Trinajstić information content (AvgIpc) is 2.46. The van der Waals surface area contributed by atoms with Crippen LogP contribution in [0.15, 0.2) is 60.7 Å². The van der Waals surface area contributed by atoms with E-state index >= 15 is 0 Å². The number of hydrogen-bond donors (Lipinski definition) is 1. The molecule has 2 aromatic rings. The van der Waals surface area contributed by atoms with Crippen molar-refractivity contribution in [1.29, 1.82) is 0 Å². The van der Waals surface area contributed by atoms with Crippen LogP contribution in [-0.4, -0.2) is 11.1 Å². The van der Waals surface area contributed by atoms with Gasteiger partial charge in [-0.1, -0.05) is 48.5 Å².